The van der Waals surface area contributed by atoms with Crippen molar-refractivity contribution in [3.63, 3.8) is 0 Å². The fourth-order valence-electron chi connectivity index (χ4n) is 5.51. The van der Waals surface area contributed by atoms with Gasteiger partial charge in [-0.3, -0.25) is 4.48 Å². The Balaban J connectivity index is 0.0000130. The van der Waals surface area contributed by atoms with Gasteiger partial charge >= 0.3 is 0 Å². The SMILES string of the molecule is C#CC(I)[N+](CCCCCCCCCCCC)(CCCCCCCCCCCC)Cc1ccccc1.[Cl-]. The zero-order chi connectivity index (χ0) is 26.2. The van der Waals surface area contributed by atoms with E-state index >= 15 is 0 Å². The number of quaternary nitrogens is 1. The predicted octanol–water partition coefficient (Wildman–Crippen LogP) is 8.24. The van der Waals surface area contributed by atoms with Crippen molar-refractivity contribution < 1.29 is 16.9 Å². The van der Waals surface area contributed by atoms with E-state index in [0.717, 1.165) is 11.0 Å². The van der Waals surface area contributed by atoms with Gasteiger partial charge in [-0.15, -0.1) is 6.42 Å². The van der Waals surface area contributed by atoms with E-state index < -0.39 is 0 Å². The largest absolute Gasteiger partial charge is 1.00 e. The van der Waals surface area contributed by atoms with Crippen molar-refractivity contribution in [2.24, 2.45) is 0 Å². The average molecular weight is 644 g/mol. The van der Waals surface area contributed by atoms with E-state index in [1.165, 1.54) is 147 Å². The molecule has 0 bridgehead atoms. The summed E-state index contributed by atoms with van der Waals surface area (Å²) < 4.78 is 1.31. The van der Waals surface area contributed by atoms with Crippen LogP contribution in [0.4, 0.5) is 0 Å². The van der Waals surface area contributed by atoms with Gasteiger partial charge in [0.05, 0.1) is 13.1 Å². The first-order valence-corrected chi connectivity index (χ1v) is 16.9. The van der Waals surface area contributed by atoms with Crippen molar-refractivity contribution in [2.45, 2.75) is 153 Å². The van der Waals surface area contributed by atoms with Crippen LogP contribution < -0.4 is 12.4 Å². The second-order valence-corrected chi connectivity index (χ2v) is 12.4. The molecule has 0 heterocycles. The quantitative estimate of drug-likeness (QED) is 0.0251. The third kappa shape index (κ3) is 18.6. The number of halogens is 2. The normalized spacial score (nSPS) is 12.2. The lowest BCUT2D eigenvalue weighted by molar-refractivity contribution is -0.940. The number of benzene rings is 1. The molecule has 1 atom stereocenters. The van der Waals surface area contributed by atoms with Gasteiger partial charge in [0.2, 0.25) is 4.05 Å². The Morgan fingerprint density at radius 3 is 1.32 bits per heavy atom. The minimum atomic E-state index is 0. The summed E-state index contributed by atoms with van der Waals surface area (Å²) in [5, 5.41) is 0. The molecule has 1 aromatic carbocycles. The van der Waals surface area contributed by atoms with Crippen LogP contribution in [0, 0.1) is 12.3 Å². The first-order chi connectivity index (χ1) is 17.7. The first kappa shape index (κ1) is 36.8. The van der Waals surface area contributed by atoms with Gasteiger partial charge in [-0.2, -0.15) is 0 Å². The molecule has 214 valence electrons. The number of nitrogens with zero attached hydrogens (tertiary/aromatic N) is 1. The van der Waals surface area contributed by atoms with Gasteiger partial charge < -0.3 is 12.4 Å². The van der Waals surface area contributed by atoms with Crippen LogP contribution in [0.25, 0.3) is 0 Å². The number of hydrogen-bond acceptors (Lipinski definition) is 0. The molecule has 0 N–H and O–H groups in total. The van der Waals surface area contributed by atoms with Crippen LogP contribution in [0.2, 0.25) is 0 Å². The standard InChI is InChI=1S/C34H59IN.ClH/c1-4-7-9-11-13-15-17-19-21-26-30-36(34(35)6-3,32-33-28-24-23-25-29-33)31-27-22-20-18-16-14-12-10-8-5-2;/h3,23-25,28-29,34H,4-5,7-22,26-27,30-32H2,1-2H3;1H/q+1;/p-1. The van der Waals surface area contributed by atoms with Gasteiger partial charge in [0.15, 0.2) is 0 Å². The molecule has 0 saturated heterocycles. The van der Waals surface area contributed by atoms with Gasteiger partial charge in [-0.05, 0) is 31.6 Å². The summed E-state index contributed by atoms with van der Waals surface area (Å²) in [7, 11) is 0. The summed E-state index contributed by atoms with van der Waals surface area (Å²) >= 11 is 2.56. The fraction of sp³-hybridized carbons (Fsp3) is 0.765. The molecule has 0 spiro atoms. The molecule has 37 heavy (non-hydrogen) atoms. The molecule has 0 aliphatic carbocycles. The van der Waals surface area contributed by atoms with Gasteiger partial charge in [0, 0.05) is 28.2 Å². The monoisotopic (exact) mass is 643 g/mol. The lowest BCUT2D eigenvalue weighted by Crippen LogP contribution is -3.00. The van der Waals surface area contributed by atoms with Crippen LogP contribution in [-0.2, 0) is 6.54 Å². The van der Waals surface area contributed by atoms with E-state index in [1.807, 2.05) is 0 Å². The molecule has 1 rings (SSSR count). The highest BCUT2D eigenvalue weighted by Gasteiger charge is 2.33. The first-order valence-electron chi connectivity index (χ1n) is 15.7. The van der Waals surface area contributed by atoms with Gasteiger partial charge in [0.25, 0.3) is 0 Å². The molecular weight excluding hydrogens is 585 g/mol. The second kappa shape index (κ2) is 26.0. The summed E-state index contributed by atoms with van der Waals surface area (Å²) in [5.74, 6) is 3.16. The van der Waals surface area contributed by atoms with E-state index in [1.54, 1.807) is 0 Å². The molecule has 0 aromatic heterocycles. The molecule has 0 fully saturated rings. The lowest BCUT2D eigenvalue weighted by Gasteiger charge is -2.41. The van der Waals surface area contributed by atoms with Crippen molar-refractivity contribution in [2.75, 3.05) is 13.1 Å². The Morgan fingerprint density at radius 1 is 0.622 bits per heavy atom. The maximum absolute atomic E-state index is 6.08. The zero-order valence-electron chi connectivity index (χ0n) is 24.5. The van der Waals surface area contributed by atoms with Gasteiger partial charge in [-0.1, -0.05) is 147 Å². The minimum absolute atomic E-state index is 0. The lowest BCUT2D eigenvalue weighted by atomic mass is 10.0. The number of rotatable bonds is 25. The Bertz CT molecular complexity index is 617. The highest BCUT2D eigenvalue weighted by Crippen LogP contribution is 2.27. The summed E-state index contributed by atoms with van der Waals surface area (Å²) in [6, 6.07) is 11.1. The van der Waals surface area contributed by atoms with E-state index in [0.29, 0.717) is 0 Å². The summed E-state index contributed by atoms with van der Waals surface area (Å²) in [4.78, 5) is 0. The number of terminal acetylenes is 1. The van der Waals surface area contributed by atoms with Crippen molar-refractivity contribution in [1.82, 2.24) is 0 Å². The Kier molecular flexibility index (Phi) is 25.8. The van der Waals surface area contributed by atoms with Crippen LogP contribution in [0.5, 0.6) is 0 Å². The van der Waals surface area contributed by atoms with Crippen LogP contribution >= 0.6 is 22.6 Å². The molecular formula is C34H59ClIN. The fourth-order valence-corrected chi connectivity index (χ4v) is 6.26. The Labute approximate surface area is 252 Å². The molecule has 0 aliphatic heterocycles. The number of alkyl halides is 1. The van der Waals surface area contributed by atoms with Gasteiger partial charge in [-0.25, -0.2) is 0 Å². The molecule has 0 radical (unpaired) electrons. The molecule has 0 aliphatic rings. The third-order valence-electron chi connectivity index (χ3n) is 7.87. The summed E-state index contributed by atoms with van der Waals surface area (Å²) in [6.45, 7) is 8.12. The molecule has 0 saturated carbocycles. The van der Waals surface area contributed by atoms with E-state index in [-0.39, 0.29) is 16.5 Å². The van der Waals surface area contributed by atoms with E-state index in [2.05, 4.69) is 72.7 Å². The Hall–Kier alpha value is -0.240. The molecule has 3 heteroatoms. The highest BCUT2D eigenvalue weighted by molar-refractivity contribution is 14.1. The molecule has 1 aromatic rings. The number of unbranched alkanes of at least 4 members (excludes halogenated alkanes) is 18. The van der Waals surface area contributed by atoms with Crippen LogP contribution in [0.15, 0.2) is 30.3 Å². The second-order valence-electron chi connectivity index (χ2n) is 11.2. The van der Waals surface area contributed by atoms with Crippen molar-refractivity contribution in [3.05, 3.63) is 35.9 Å². The van der Waals surface area contributed by atoms with Crippen molar-refractivity contribution in [3.8, 4) is 12.3 Å². The van der Waals surface area contributed by atoms with Crippen molar-refractivity contribution in [1.29, 1.82) is 0 Å². The molecule has 0 amide bonds. The Morgan fingerprint density at radius 2 is 0.973 bits per heavy atom. The highest BCUT2D eigenvalue weighted by atomic mass is 127. The maximum Gasteiger partial charge on any atom is 0.200 e. The smallest absolute Gasteiger partial charge is 0.200 e. The van der Waals surface area contributed by atoms with Crippen LogP contribution in [-0.4, -0.2) is 21.6 Å². The predicted molar refractivity (Wildman–Crippen MR) is 170 cm³/mol. The number of hydrogen-bond donors (Lipinski definition) is 0. The maximum atomic E-state index is 6.08. The average Bonchev–Trinajstić information content (AvgIpc) is 2.90. The minimum Gasteiger partial charge on any atom is -1.00 e. The van der Waals surface area contributed by atoms with Crippen molar-refractivity contribution >= 4 is 22.6 Å². The third-order valence-corrected chi connectivity index (χ3v) is 9.41. The molecule has 1 unspecified atom stereocenters. The molecule has 1 nitrogen and oxygen atoms in total. The summed E-state index contributed by atoms with van der Waals surface area (Å²) in [6.07, 6.45) is 33.9. The van der Waals surface area contributed by atoms with Gasteiger partial charge in [0.1, 0.15) is 6.54 Å². The van der Waals surface area contributed by atoms with E-state index in [9.17, 15) is 0 Å². The van der Waals surface area contributed by atoms with Crippen LogP contribution in [0.1, 0.15) is 148 Å². The topological polar surface area (TPSA) is 0 Å². The van der Waals surface area contributed by atoms with E-state index in [4.69, 9.17) is 6.42 Å². The summed E-state index contributed by atoms with van der Waals surface area (Å²) in [5.41, 5.74) is 1.44. The zero-order valence-corrected chi connectivity index (χ0v) is 27.4. The van der Waals surface area contributed by atoms with Crippen LogP contribution in [0.3, 0.4) is 0 Å².